The molecule has 0 bridgehead atoms. The van der Waals surface area contributed by atoms with Crippen LogP contribution in [0.4, 0.5) is 0 Å². The van der Waals surface area contributed by atoms with Crippen LogP contribution >= 0.6 is 0 Å². The molecular formula is C26H28N4O2. The minimum atomic E-state index is -0.303. The lowest BCUT2D eigenvalue weighted by Crippen LogP contribution is -2.46. The lowest BCUT2D eigenvalue weighted by molar-refractivity contribution is -0.123. The fourth-order valence-corrected chi connectivity index (χ4v) is 5.50. The molecule has 6 nitrogen and oxygen atoms in total. The van der Waals surface area contributed by atoms with Gasteiger partial charge in [-0.05, 0) is 43.0 Å². The molecule has 2 N–H and O–H groups in total. The van der Waals surface area contributed by atoms with Gasteiger partial charge >= 0.3 is 0 Å². The van der Waals surface area contributed by atoms with Crippen molar-refractivity contribution in [3.8, 4) is 0 Å². The zero-order valence-corrected chi connectivity index (χ0v) is 18.1. The standard InChI is InChI=1S/C26H28N4O2/c27-25(31)24-22-17-30(26(32)21-12-13-28-23-11-5-4-10-20(21)23)16-19(22)15-29(24)14-6-9-18-7-2-1-3-8-18/h1-5,7-8,10-13,19,22,24H,6,9,14-17H2,(H2,27,31)/t19?,22-,24?/m1/s1. The second kappa shape index (κ2) is 8.71. The smallest absolute Gasteiger partial charge is 0.254 e. The normalized spacial score (nSPS) is 22.9. The summed E-state index contributed by atoms with van der Waals surface area (Å²) in [6, 6.07) is 19.6. The first-order chi connectivity index (χ1) is 15.6. The first kappa shape index (κ1) is 20.6. The van der Waals surface area contributed by atoms with Gasteiger partial charge in [0.2, 0.25) is 5.91 Å². The molecule has 6 heteroatoms. The van der Waals surface area contributed by atoms with Gasteiger partial charge in [0, 0.05) is 37.1 Å². The highest BCUT2D eigenvalue weighted by molar-refractivity contribution is 6.06. The molecule has 2 aromatic carbocycles. The number of likely N-dealkylation sites (tertiary alicyclic amines) is 2. The van der Waals surface area contributed by atoms with Crippen molar-refractivity contribution in [3.63, 3.8) is 0 Å². The number of para-hydroxylation sites is 1. The summed E-state index contributed by atoms with van der Waals surface area (Å²) in [5.41, 5.74) is 8.64. The SMILES string of the molecule is NC(=O)C1[C@@H]2CN(C(=O)c3ccnc4ccccc34)CC2CN1CCCc1ccccc1. The van der Waals surface area contributed by atoms with Crippen molar-refractivity contribution < 1.29 is 9.59 Å². The Morgan fingerprint density at radius 1 is 0.969 bits per heavy atom. The van der Waals surface area contributed by atoms with Crippen LogP contribution in [0.25, 0.3) is 10.9 Å². The van der Waals surface area contributed by atoms with Gasteiger partial charge in [-0.1, -0.05) is 48.5 Å². The van der Waals surface area contributed by atoms with Gasteiger partial charge in [0.05, 0.1) is 17.1 Å². The van der Waals surface area contributed by atoms with Crippen molar-refractivity contribution in [1.82, 2.24) is 14.8 Å². The van der Waals surface area contributed by atoms with Crippen LogP contribution in [-0.4, -0.2) is 58.8 Å². The summed E-state index contributed by atoms with van der Waals surface area (Å²) < 4.78 is 0. The third kappa shape index (κ3) is 3.86. The topological polar surface area (TPSA) is 79.5 Å². The fraction of sp³-hybridized carbons (Fsp3) is 0.346. The maximum Gasteiger partial charge on any atom is 0.254 e. The molecule has 2 fully saturated rings. The highest BCUT2D eigenvalue weighted by Crippen LogP contribution is 2.37. The molecule has 2 aliphatic rings. The monoisotopic (exact) mass is 428 g/mol. The molecule has 0 spiro atoms. The minimum absolute atomic E-state index is 0.0110. The second-order valence-corrected chi connectivity index (χ2v) is 8.94. The summed E-state index contributed by atoms with van der Waals surface area (Å²) in [6.07, 6.45) is 3.66. The highest BCUT2D eigenvalue weighted by Gasteiger charge is 2.50. The molecule has 3 aromatic rings. The number of carbonyl (C=O) groups is 2. The largest absolute Gasteiger partial charge is 0.368 e. The van der Waals surface area contributed by atoms with Crippen molar-refractivity contribution in [2.75, 3.05) is 26.2 Å². The molecule has 2 aliphatic heterocycles. The number of pyridine rings is 1. The number of aryl methyl sites for hydroxylation is 1. The minimum Gasteiger partial charge on any atom is -0.368 e. The van der Waals surface area contributed by atoms with Crippen molar-refractivity contribution in [2.24, 2.45) is 17.6 Å². The summed E-state index contributed by atoms with van der Waals surface area (Å²) in [6.45, 7) is 2.90. The second-order valence-electron chi connectivity index (χ2n) is 8.94. The van der Waals surface area contributed by atoms with E-state index >= 15 is 0 Å². The predicted octanol–water partition coefficient (Wildman–Crippen LogP) is 2.73. The molecule has 0 saturated carbocycles. The fourth-order valence-electron chi connectivity index (χ4n) is 5.50. The quantitative estimate of drug-likeness (QED) is 0.655. The lowest BCUT2D eigenvalue weighted by atomic mass is 9.94. The van der Waals surface area contributed by atoms with Crippen LogP contribution in [0.5, 0.6) is 0 Å². The molecule has 3 atom stereocenters. The average Bonchev–Trinajstić information content (AvgIpc) is 3.36. The maximum atomic E-state index is 13.3. The van der Waals surface area contributed by atoms with E-state index in [1.807, 2.05) is 35.2 Å². The first-order valence-electron chi connectivity index (χ1n) is 11.3. The van der Waals surface area contributed by atoms with E-state index in [1.165, 1.54) is 5.56 Å². The van der Waals surface area contributed by atoms with Crippen molar-refractivity contribution in [2.45, 2.75) is 18.9 Å². The molecule has 2 saturated heterocycles. The van der Waals surface area contributed by atoms with E-state index in [9.17, 15) is 9.59 Å². The summed E-state index contributed by atoms with van der Waals surface area (Å²) >= 11 is 0. The van der Waals surface area contributed by atoms with E-state index in [-0.39, 0.29) is 29.7 Å². The van der Waals surface area contributed by atoms with Gasteiger partial charge in [-0.15, -0.1) is 0 Å². The van der Waals surface area contributed by atoms with E-state index in [4.69, 9.17) is 5.73 Å². The van der Waals surface area contributed by atoms with Gasteiger partial charge in [-0.3, -0.25) is 19.5 Å². The first-order valence-corrected chi connectivity index (χ1v) is 11.3. The van der Waals surface area contributed by atoms with Crippen molar-refractivity contribution >= 4 is 22.7 Å². The van der Waals surface area contributed by atoms with Gasteiger partial charge in [0.15, 0.2) is 0 Å². The molecule has 0 radical (unpaired) electrons. The Morgan fingerprint density at radius 3 is 2.56 bits per heavy atom. The van der Waals surface area contributed by atoms with E-state index in [2.05, 4.69) is 34.1 Å². The molecule has 1 aromatic heterocycles. The number of nitrogens with two attached hydrogens (primary N) is 1. The number of aromatic nitrogens is 1. The van der Waals surface area contributed by atoms with Gasteiger partial charge in [0.25, 0.3) is 5.91 Å². The number of fused-ring (bicyclic) bond motifs is 2. The van der Waals surface area contributed by atoms with E-state index in [0.29, 0.717) is 18.7 Å². The number of nitrogens with zero attached hydrogens (tertiary/aromatic N) is 3. The van der Waals surface area contributed by atoms with E-state index in [1.54, 1.807) is 12.3 Å². The van der Waals surface area contributed by atoms with Crippen LogP contribution in [0.15, 0.2) is 66.9 Å². The van der Waals surface area contributed by atoms with Gasteiger partial charge in [0.1, 0.15) is 0 Å². The third-order valence-corrected chi connectivity index (χ3v) is 6.97. The van der Waals surface area contributed by atoms with Crippen molar-refractivity contribution in [3.05, 3.63) is 78.0 Å². The van der Waals surface area contributed by atoms with Crippen LogP contribution in [0, 0.1) is 11.8 Å². The molecular weight excluding hydrogens is 400 g/mol. The summed E-state index contributed by atoms with van der Waals surface area (Å²) in [5.74, 6) is 0.111. The Morgan fingerprint density at radius 2 is 1.75 bits per heavy atom. The Kier molecular flexibility index (Phi) is 5.62. The summed E-state index contributed by atoms with van der Waals surface area (Å²) in [4.78, 5) is 34.2. The zero-order valence-electron chi connectivity index (χ0n) is 18.1. The molecule has 2 unspecified atom stereocenters. The maximum absolute atomic E-state index is 13.3. The Bertz CT molecular complexity index is 1130. The zero-order chi connectivity index (χ0) is 22.1. The third-order valence-electron chi connectivity index (χ3n) is 6.97. The lowest BCUT2D eigenvalue weighted by Gasteiger charge is -2.27. The van der Waals surface area contributed by atoms with Crippen LogP contribution in [0.1, 0.15) is 22.3 Å². The summed E-state index contributed by atoms with van der Waals surface area (Å²) in [5, 5.41) is 0.867. The number of hydrogen-bond acceptors (Lipinski definition) is 4. The number of amides is 2. The number of hydrogen-bond donors (Lipinski definition) is 1. The van der Waals surface area contributed by atoms with Gasteiger partial charge in [-0.25, -0.2) is 0 Å². The van der Waals surface area contributed by atoms with Gasteiger partial charge < -0.3 is 10.6 Å². The molecule has 5 rings (SSSR count). The number of rotatable bonds is 6. The van der Waals surface area contributed by atoms with E-state index in [0.717, 1.165) is 36.8 Å². The molecule has 0 aliphatic carbocycles. The number of primary amides is 1. The predicted molar refractivity (Wildman–Crippen MR) is 124 cm³/mol. The van der Waals surface area contributed by atoms with Crippen LogP contribution in [0.2, 0.25) is 0 Å². The molecule has 2 amide bonds. The van der Waals surface area contributed by atoms with Crippen LogP contribution < -0.4 is 5.73 Å². The highest BCUT2D eigenvalue weighted by atomic mass is 16.2. The molecule has 3 heterocycles. The number of benzene rings is 2. The number of carbonyl (C=O) groups excluding carboxylic acids is 2. The Labute approximate surface area is 188 Å². The van der Waals surface area contributed by atoms with Crippen LogP contribution in [0.3, 0.4) is 0 Å². The summed E-state index contributed by atoms with van der Waals surface area (Å²) in [7, 11) is 0. The van der Waals surface area contributed by atoms with Gasteiger partial charge in [-0.2, -0.15) is 0 Å². The molecule has 32 heavy (non-hydrogen) atoms. The Hall–Kier alpha value is -3.25. The van der Waals surface area contributed by atoms with Crippen molar-refractivity contribution in [1.29, 1.82) is 0 Å². The average molecular weight is 429 g/mol. The molecule has 164 valence electrons. The van der Waals surface area contributed by atoms with E-state index < -0.39 is 0 Å². The van der Waals surface area contributed by atoms with Crippen LogP contribution in [-0.2, 0) is 11.2 Å². The Balaban J connectivity index is 1.27.